The molecule has 0 spiro atoms. The second-order valence-electron chi connectivity index (χ2n) is 3.73. The lowest BCUT2D eigenvalue weighted by Gasteiger charge is -2.16. The molecule has 0 atom stereocenters. The third-order valence-electron chi connectivity index (χ3n) is 2.18. The Balaban J connectivity index is 2.17. The van der Waals surface area contributed by atoms with E-state index in [1.807, 2.05) is 6.92 Å². The minimum absolute atomic E-state index is 0.0453. The molecule has 1 aliphatic carbocycles. The minimum Gasteiger partial charge on any atom is -0.372 e. The topological polar surface area (TPSA) is 58.6 Å². The van der Waals surface area contributed by atoms with Gasteiger partial charge in [0, 0.05) is 19.7 Å². The van der Waals surface area contributed by atoms with Crippen LogP contribution in [0.2, 0.25) is 0 Å². The number of amides is 2. The molecule has 2 amide bonds. The van der Waals surface area contributed by atoms with Gasteiger partial charge in [0.15, 0.2) is 0 Å². The van der Waals surface area contributed by atoms with E-state index in [2.05, 4.69) is 5.32 Å². The van der Waals surface area contributed by atoms with Crippen molar-refractivity contribution in [1.29, 1.82) is 0 Å². The first-order chi connectivity index (χ1) is 7.13. The fourth-order valence-corrected chi connectivity index (χ4v) is 1.10. The van der Waals surface area contributed by atoms with Crippen LogP contribution in [0.3, 0.4) is 0 Å². The fraction of sp³-hybridized carbons (Fsp3) is 0.800. The zero-order chi connectivity index (χ0) is 11.3. The van der Waals surface area contributed by atoms with Crippen LogP contribution in [0.15, 0.2) is 0 Å². The monoisotopic (exact) mass is 214 g/mol. The van der Waals surface area contributed by atoms with Crippen molar-refractivity contribution in [1.82, 2.24) is 10.2 Å². The number of carbonyl (C=O) groups excluding carboxylic acids is 2. The number of nitrogens with one attached hydrogen (secondary N) is 1. The van der Waals surface area contributed by atoms with Crippen LogP contribution in [0.4, 0.5) is 0 Å². The second-order valence-corrected chi connectivity index (χ2v) is 3.73. The van der Waals surface area contributed by atoms with Crippen molar-refractivity contribution in [2.45, 2.75) is 25.8 Å². The SMILES string of the molecule is CCOCC(=O)N(C)CC(=O)NC1CC1. The molecule has 1 saturated carbocycles. The van der Waals surface area contributed by atoms with Gasteiger partial charge < -0.3 is 15.0 Å². The van der Waals surface area contributed by atoms with E-state index < -0.39 is 0 Å². The highest BCUT2D eigenvalue weighted by Gasteiger charge is 2.24. The predicted octanol–water partition coefficient (Wildman–Crippen LogP) is -0.240. The zero-order valence-corrected chi connectivity index (χ0v) is 9.28. The molecule has 1 N–H and O–H groups in total. The van der Waals surface area contributed by atoms with Crippen LogP contribution in [0.1, 0.15) is 19.8 Å². The maximum Gasteiger partial charge on any atom is 0.248 e. The third-order valence-corrected chi connectivity index (χ3v) is 2.18. The Kier molecular flexibility index (Phi) is 4.55. The van der Waals surface area contributed by atoms with Crippen molar-refractivity contribution < 1.29 is 14.3 Å². The zero-order valence-electron chi connectivity index (χ0n) is 9.28. The van der Waals surface area contributed by atoms with Gasteiger partial charge in [-0.05, 0) is 19.8 Å². The predicted molar refractivity (Wildman–Crippen MR) is 55.3 cm³/mol. The Hall–Kier alpha value is -1.10. The Labute approximate surface area is 89.8 Å². The maximum atomic E-state index is 11.4. The standard InChI is InChI=1S/C10H18N2O3/c1-3-15-7-10(14)12(2)6-9(13)11-8-4-5-8/h8H,3-7H2,1-2H3,(H,11,13). The lowest BCUT2D eigenvalue weighted by molar-refractivity contribution is -0.138. The summed E-state index contributed by atoms with van der Waals surface area (Å²) in [4.78, 5) is 24.1. The van der Waals surface area contributed by atoms with Crippen LogP contribution in [0, 0.1) is 0 Å². The summed E-state index contributed by atoms with van der Waals surface area (Å²) in [5.74, 6) is -0.257. The molecule has 86 valence electrons. The Morgan fingerprint density at radius 3 is 2.67 bits per heavy atom. The smallest absolute Gasteiger partial charge is 0.248 e. The lowest BCUT2D eigenvalue weighted by atomic mass is 10.4. The highest BCUT2D eigenvalue weighted by Crippen LogP contribution is 2.18. The summed E-state index contributed by atoms with van der Waals surface area (Å²) in [5.41, 5.74) is 0. The normalized spacial score (nSPS) is 14.8. The minimum atomic E-state index is -0.164. The largest absolute Gasteiger partial charge is 0.372 e. The molecule has 0 aromatic rings. The van der Waals surface area contributed by atoms with Crippen LogP contribution < -0.4 is 5.32 Å². The molecular formula is C10H18N2O3. The van der Waals surface area contributed by atoms with Gasteiger partial charge in [0.2, 0.25) is 11.8 Å². The van der Waals surface area contributed by atoms with Gasteiger partial charge in [0.25, 0.3) is 0 Å². The van der Waals surface area contributed by atoms with Crippen LogP contribution in [0.25, 0.3) is 0 Å². The molecule has 15 heavy (non-hydrogen) atoms. The van der Waals surface area contributed by atoms with Crippen molar-refractivity contribution in [2.24, 2.45) is 0 Å². The lowest BCUT2D eigenvalue weighted by Crippen LogP contribution is -2.40. The molecule has 0 heterocycles. The van der Waals surface area contributed by atoms with Crippen LogP contribution in [0.5, 0.6) is 0 Å². The van der Waals surface area contributed by atoms with E-state index in [1.54, 1.807) is 7.05 Å². The highest BCUT2D eigenvalue weighted by molar-refractivity contribution is 5.85. The van der Waals surface area contributed by atoms with E-state index >= 15 is 0 Å². The van der Waals surface area contributed by atoms with Crippen LogP contribution in [-0.2, 0) is 14.3 Å². The van der Waals surface area contributed by atoms with E-state index in [-0.39, 0.29) is 25.0 Å². The number of carbonyl (C=O) groups is 2. The highest BCUT2D eigenvalue weighted by atomic mass is 16.5. The third kappa shape index (κ3) is 4.78. The molecule has 0 unspecified atom stereocenters. The van der Waals surface area contributed by atoms with Gasteiger partial charge >= 0.3 is 0 Å². The van der Waals surface area contributed by atoms with Crippen molar-refractivity contribution in [3.63, 3.8) is 0 Å². The average Bonchev–Trinajstić information content (AvgIpc) is 2.97. The first-order valence-corrected chi connectivity index (χ1v) is 5.24. The summed E-state index contributed by atoms with van der Waals surface area (Å²) in [6.45, 7) is 2.49. The Bertz CT molecular complexity index is 239. The first kappa shape index (κ1) is 12.0. The number of hydrogen-bond acceptors (Lipinski definition) is 3. The van der Waals surface area contributed by atoms with Gasteiger partial charge in [-0.3, -0.25) is 9.59 Å². The van der Waals surface area contributed by atoms with Gasteiger partial charge in [-0.25, -0.2) is 0 Å². The molecule has 0 aromatic carbocycles. The van der Waals surface area contributed by atoms with Crippen LogP contribution in [-0.4, -0.2) is 49.6 Å². The molecule has 0 aliphatic heterocycles. The Morgan fingerprint density at radius 1 is 1.47 bits per heavy atom. The summed E-state index contributed by atoms with van der Waals surface area (Å²) in [5, 5.41) is 2.82. The molecule has 0 bridgehead atoms. The van der Waals surface area contributed by atoms with Crippen molar-refractivity contribution >= 4 is 11.8 Å². The van der Waals surface area contributed by atoms with Crippen molar-refractivity contribution in [3.05, 3.63) is 0 Å². The number of hydrogen-bond donors (Lipinski definition) is 1. The van der Waals surface area contributed by atoms with Gasteiger partial charge in [-0.1, -0.05) is 0 Å². The number of nitrogens with zero attached hydrogens (tertiary/aromatic N) is 1. The first-order valence-electron chi connectivity index (χ1n) is 5.24. The molecular weight excluding hydrogens is 196 g/mol. The van der Waals surface area contributed by atoms with E-state index in [0.29, 0.717) is 12.6 Å². The van der Waals surface area contributed by atoms with E-state index in [0.717, 1.165) is 12.8 Å². The molecule has 1 aliphatic rings. The fourth-order valence-electron chi connectivity index (χ4n) is 1.10. The van der Waals surface area contributed by atoms with E-state index in [4.69, 9.17) is 4.74 Å². The second kappa shape index (κ2) is 5.70. The van der Waals surface area contributed by atoms with Crippen LogP contribution >= 0.6 is 0 Å². The maximum absolute atomic E-state index is 11.4. The summed E-state index contributed by atoms with van der Waals surface area (Å²) in [6.07, 6.45) is 2.12. The summed E-state index contributed by atoms with van der Waals surface area (Å²) in [6, 6.07) is 0.341. The number of rotatable bonds is 6. The quantitative estimate of drug-likeness (QED) is 0.664. The number of ether oxygens (including phenoxy) is 1. The average molecular weight is 214 g/mol. The van der Waals surface area contributed by atoms with E-state index in [9.17, 15) is 9.59 Å². The molecule has 5 heteroatoms. The van der Waals surface area contributed by atoms with Crippen molar-refractivity contribution in [2.75, 3.05) is 26.8 Å². The number of likely N-dealkylation sites (N-methyl/N-ethyl adjacent to an activating group) is 1. The molecule has 0 aromatic heterocycles. The van der Waals surface area contributed by atoms with E-state index in [1.165, 1.54) is 4.90 Å². The van der Waals surface area contributed by atoms with Crippen molar-refractivity contribution in [3.8, 4) is 0 Å². The molecule has 1 rings (SSSR count). The molecule has 5 nitrogen and oxygen atoms in total. The van der Waals surface area contributed by atoms with Gasteiger partial charge in [0.05, 0.1) is 6.54 Å². The van der Waals surface area contributed by atoms with Gasteiger partial charge in [-0.2, -0.15) is 0 Å². The van der Waals surface area contributed by atoms with Gasteiger partial charge in [0.1, 0.15) is 6.61 Å². The summed E-state index contributed by atoms with van der Waals surface area (Å²) in [7, 11) is 1.60. The summed E-state index contributed by atoms with van der Waals surface area (Å²) < 4.78 is 4.97. The summed E-state index contributed by atoms with van der Waals surface area (Å²) >= 11 is 0. The molecule has 1 fully saturated rings. The van der Waals surface area contributed by atoms with Gasteiger partial charge in [-0.15, -0.1) is 0 Å². The molecule has 0 saturated heterocycles. The Morgan fingerprint density at radius 2 is 2.13 bits per heavy atom. The molecule has 0 radical (unpaired) electrons.